The molecule has 136 valence electrons. The van der Waals surface area contributed by atoms with E-state index in [-0.39, 0.29) is 6.10 Å². The first-order valence-electron chi connectivity index (χ1n) is 8.40. The molecule has 0 saturated heterocycles. The van der Waals surface area contributed by atoms with E-state index in [9.17, 15) is 13.2 Å². The Kier molecular flexibility index (Phi) is 6.49. The van der Waals surface area contributed by atoms with Crippen molar-refractivity contribution in [3.63, 3.8) is 0 Å². The minimum absolute atomic E-state index is 0.346. The van der Waals surface area contributed by atoms with Crippen LogP contribution in [0.2, 0.25) is 0 Å². The number of ether oxygens (including phenoxy) is 1. The van der Waals surface area contributed by atoms with Crippen LogP contribution in [-0.2, 0) is 19.0 Å². The molecule has 1 aliphatic rings. The highest BCUT2D eigenvalue weighted by molar-refractivity contribution is 9.10. The van der Waals surface area contributed by atoms with Crippen LogP contribution < -0.4 is 4.74 Å². The van der Waals surface area contributed by atoms with Crippen molar-refractivity contribution in [2.75, 3.05) is 0 Å². The predicted molar refractivity (Wildman–Crippen MR) is 95.8 cm³/mol. The molecule has 1 aliphatic heterocycles. The Morgan fingerprint density at radius 2 is 1.96 bits per heavy atom. The molecule has 0 bridgehead atoms. The second-order valence-electron chi connectivity index (χ2n) is 5.57. The maximum atomic E-state index is 13.1. The topological polar surface area (TPSA) is 22.1 Å². The first-order chi connectivity index (χ1) is 11.9. The van der Waals surface area contributed by atoms with Crippen LogP contribution in [0.5, 0.6) is 5.75 Å². The number of benzene rings is 1. The van der Waals surface area contributed by atoms with E-state index in [1.54, 1.807) is 6.07 Å². The van der Waals surface area contributed by atoms with Crippen LogP contribution in [-0.4, -0.2) is 4.98 Å². The molecule has 1 aromatic heterocycles. The third-order valence-corrected chi connectivity index (χ3v) is 4.26. The molecule has 0 spiro atoms. The van der Waals surface area contributed by atoms with Crippen molar-refractivity contribution >= 4 is 15.9 Å². The molecule has 0 fully saturated rings. The van der Waals surface area contributed by atoms with Gasteiger partial charge < -0.3 is 4.74 Å². The Morgan fingerprint density at radius 1 is 1.24 bits per heavy atom. The minimum Gasteiger partial charge on any atom is -0.483 e. The van der Waals surface area contributed by atoms with E-state index in [2.05, 4.69) is 20.9 Å². The number of rotatable bonds is 3. The molecule has 1 unspecified atom stereocenters. The van der Waals surface area contributed by atoms with E-state index in [1.807, 2.05) is 32.9 Å². The maximum Gasteiger partial charge on any atom is 0.416 e. The molecule has 0 N–H and O–H groups in total. The summed E-state index contributed by atoms with van der Waals surface area (Å²) >= 11 is 3.31. The van der Waals surface area contributed by atoms with Gasteiger partial charge in [0.15, 0.2) is 0 Å². The lowest BCUT2D eigenvalue weighted by molar-refractivity contribution is -0.137. The molecular weight excluding hydrogens is 395 g/mol. The highest BCUT2D eigenvalue weighted by Crippen LogP contribution is 2.43. The van der Waals surface area contributed by atoms with Gasteiger partial charge in [-0.25, -0.2) is 4.98 Å². The van der Waals surface area contributed by atoms with Gasteiger partial charge in [0.2, 0.25) is 0 Å². The average Bonchev–Trinajstić information content (AvgIpc) is 3.01. The molecule has 2 nitrogen and oxygen atoms in total. The van der Waals surface area contributed by atoms with E-state index in [0.717, 1.165) is 6.42 Å². The molecule has 1 aromatic carbocycles. The highest BCUT2D eigenvalue weighted by atomic mass is 79.9. The second kappa shape index (κ2) is 8.21. The van der Waals surface area contributed by atoms with Gasteiger partial charge in [-0.3, -0.25) is 0 Å². The van der Waals surface area contributed by atoms with Gasteiger partial charge in [-0.2, -0.15) is 13.2 Å². The van der Waals surface area contributed by atoms with Crippen LogP contribution in [0.4, 0.5) is 13.2 Å². The molecule has 1 atom stereocenters. The molecule has 2 heterocycles. The Balaban J connectivity index is 0.00000109. The predicted octanol–water partition coefficient (Wildman–Crippen LogP) is 6.52. The first-order valence-corrected chi connectivity index (χ1v) is 9.20. The normalized spacial score (nSPS) is 15.9. The fraction of sp³-hybridized carbons (Fsp3) is 0.421. The van der Waals surface area contributed by atoms with E-state index >= 15 is 0 Å². The quantitative estimate of drug-likeness (QED) is 0.532. The van der Waals surface area contributed by atoms with E-state index < -0.39 is 11.7 Å². The second-order valence-corrected chi connectivity index (χ2v) is 6.38. The van der Waals surface area contributed by atoms with Gasteiger partial charge in [-0.05, 0) is 57.7 Å². The van der Waals surface area contributed by atoms with Crippen LogP contribution in [0.15, 0.2) is 34.9 Å². The van der Waals surface area contributed by atoms with Crippen molar-refractivity contribution in [3.05, 3.63) is 57.3 Å². The third kappa shape index (κ3) is 4.54. The zero-order valence-corrected chi connectivity index (χ0v) is 16.0. The number of aromatic nitrogens is 1. The fourth-order valence-electron chi connectivity index (χ4n) is 2.83. The number of fused-ring (bicyclic) bond motifs is 1. The summed E-state index contributed by atoms with van der Waals surface area (Å²) in [5.41, 5.74) is 1.34. The number of halogens is 4. The van der Waals surface area contributed by atoms with Crippen LogP contribution in [0.25, 0.3) is 0 Å². The Bertz CT molecular complexity index is 731. The van der Waals surface area contributed by atoms with Crippen LogP contribution in [0.1, 0.15) is 55.7 Å². The van der Waals surface area contributed by atoms with Gasteiger partial charge in [-0.15, -0.1) is 0 Å². The third-order valence-electron chi connectivity index (χ3n) is 3.82. The standard InChI is InChI=1S/C17H15BrF3NO.C2H6/c1-2-4-10-7-12(17(19,20)21)8-11-9-14(23-16(10)11)13-5-3-6-15(18)22-13;1-2/h3,5-8,14H,2,4,9H2,1H3;1-2H3. The molecule has 0 amide bonds. The molecule has 25 heavy (non-hydrogen) atoms. The van der Waals surface area contributed by atoms with Crippen LogP contribution in [0.3, 0.4) is 0 Å². The fourth-order valence-corrected chi connectivity index (χ4v) is 3.19. The number of hydrogen-bond donors (Lipinski definition) is 0. The van der Waals surface area contributed by atoms with Gasteiger partial charge in [0.05, 0.1) is 11.3 Å². The van der Waals surface area contributed by atoms with Crippen molar-refractivity contribution in [1.82, 2.24) is 4.98 Å². The summed E-state index contributed by atoms with van der Waals surface area (Å²) in [6, 6.07) is 7.87. The zero-order valence-electron chi connectivity index (χ0n) is 14.5. The monoisotopic (exact) mass is 415 g/mol. The number of nitrogens with zero attached hydrogens (tertiary/aromatic N) is 1. The van der Waals surface area contributed by atoms with Crippen molar-refractivity contribution in [1.29, 1.82) is 0 Å². The summed E-state index contributed by atoms with van der Waals surface area (Å²) in [7, 11) is 0. The largest absolute Gasteiger partial charge is 0.483 e. The summed E-state index contributed by atoms with van der Waals surface area (Å²) in [5, 5.41) is 0. The molecule has 6 heteroatoms. The molecular formula is C19H21BrF3NO. The Hall–Kier alpha value is -1.56. The van der Waals surface area contributed by atoms with Gasteiger partial charge in [0.1, 0.15) is 16.5 Å². The number of alkyl halides is 3. The van der Waals surface area contributed by atoms with Crippen molar-refractivity contribution in [2.45, 2.75) is 52.3 Å². The lowest BCUT2D eigenvalue weighted by atomic mass is 9.99. The number of aryl methyl sites for hydroxylation is 1. The minimum atomic E-state index is -4.34. The Morgan fingerprint density at radius 3 is 2.56 bits per heavy atom. The molecule has 2 aromatic rings. The highest BCUT2D eigenvalue weighted by Gasteiger charge is 2.35. The SMILES string of the molecule is CC.CCCc1cc(C(F)(F)F)cc2c1OC(c1cccc(Br)n1)C2. The summed E-state index contributed by atoms with van der Waals surface area (Å²) in [5.74, 6) is 0.589. The van der Waals surface area contributed by atoms with Crippen LogP contribution >= 0.6 is 15.9 Å². The molecule has 0 saturated carbocycles. The van der Waals surface area contributed by atoms with Crippen molar-refractivity contribution in [3.8, 4) is 5.75 Å². The van der Waals surface area contributed by atoms with E-state index in [4.69, 9.17) is 4.74 Å². The van der Waals surface area contributed by atoms with Gasteiger partial charge in [-0.1, -0.05) is 33.3 Å². The molecule has 3 rings (SSSR count). The molecule has 0 aliphatic carbocycles. The molecule has 0 radical (unpaired) electrons. The first kappa shape index (κ1) is 19.8. The lowest BCUT2D eigenvalue weighted by Gasteiger charge is -2.14. The van der Waals surface area contributed by atoms with Gasteiger partial charge in [0, 0.05) is 6.42 Å². The van der Waals surface area contributed by atoms with E-state index in [1.165, 1.54) is 12.1 Å². The zero-order chi connectivity index (χ0) is 18.6. The number of pyridine rings is 1. The smallest absolute Gasteiger partial charge is 0.416 e. The summed E-state index contributed by atoms with van der Waals surface area (Å²) in [4.78, 5) is 4.35. The number of hydrogen-bond acceptors (Lipinski definition) is 2. The lowest BCUT2D eigenvalue weighted by Crippen LogP contribution is -2.06. The summed E-state index contributed by atoms with van der Waals surface area (Å²) in [6.07, 6.45) is -2.97. The van der Waals surface area contributed by atoms with Gasteiger partial charge in [0.25, 0.3) is 0 Å². The summed E-state index contributed by atoms with van der Waals surface area (Å²) in [6.45, 7) is 5.94. The Labute approximate surface area is 154 Å². The van der Waals surface area contributed by atoms with Crippen molar-refractivity contribution in [2.24, 2.45) is 0 Å². The van der Waals surface area contributed by atoms with Gasteiger partial charge >= 0.3 is 6.18 Å². The average molecular weight is 416 g/mol. The maximum absolute atomic E-state index is 13.1. The summed E-state index contributed by atoms with van der Waals surface area (Å²) < 4.78 is 45.9. The van der Waals surface area contributed by atoms with Crippen LogP contribution in [0, 0.1) is 0 Å². The van der Waals surface area contributed by atoms with Crippen molar-refractivity contribution < 1.29 is 17.9 Å². The van der Waals surface area contributed by atoms with E-state index in [0.29, 0.717) is 40.0 Å².